The molecule has 0 saturated carbocycles. The zero-order chi connectivity index (χ0) is 13.6. The highest BCUT2D eigenvalue weighted by molar-refractivity contribution is 7.89. The first-order valence-corrected chi connectivity index (χ1v) is 7.84. The second-order valence-corrected chi connectivity index (χ2v) is 6.31. The molecule has 0 amide bonds. The maximum atomic E-state index is 11.4. The van der Waals surface area contributed by atoms with Crippen LogP contribution in [-0.4, -0.2) is 27.3 Å². The van der Waals surface area contributed by atoms with Crippen LogP contribution in [0.1, 0.15) is 18.9 Å². The summed E-state index contributed by atoms with van der Waals surface area (Å²) in [7, 11) is -3.15. The Bertz CT molecular complexity index is 488. The van der Waals surface area contributed by atoms with Crippen LogP contribution in [0.3, 0.4) is 0 Å². The van der Waals surface area contributed by atoms with Crippen LogP contribution in [-0.2, 0) is 10.0 Å². The number of ether oxygens (including phenoxy) is 1. The molecule has 0 bridgehead atoms. The van der Waals surface area contributed by atoms with Crippen LogP contribution >= 0.6 is 11.6 Å². The Morgan fingerprint density at radius 2 is 2.11 bits per heavy atom. The monoisotopic (exact) mass is 291 g/mol. The van der Waals surface area contributed by atoms with E-state index >= 15 is 0 Å². The van der Waals surface area contributed by atoms with Gasteiger partial charge in [0.15, 0.2) is 0 Å². The van der Waals surface area contributed by atoms with Gasteiger partial charge in [-0.3, -0.25) is 0 Å². The molecule has 0 aliphatic carbocycles. The van der Waals surface area contributed by atoms with Gasteiger partial charge in [0.1, 0.15) is 12.4 Å². The molecule has 6 heteroatoms. The highest BCUT2D eigenvalue weighted by Gasteiger charge is 2.07. The molecule has 18 heavy (non-hydrogen) atoms. The molecule has 0 aromatic heterocycles. The van der Waals surface area contributed by atoms with Crippen molar-refractivity contribution in [1.29, 1.82) is 0 Å². The fraction of sp³-hybridized carbons (Fsp3) is 0.500. The third-order valence-corrected chi connectivity index (χ3v) is 4.31. The van der Waals surface area contributed by atoms with Gasteiger partial charge >= 0.3 is 0 Å². The zero-order valence-corrected chi connectivity index (χ0v) is 12.1. The van der Waals surface area contributed by atoms with Crippen LogP contribution < -0.4 is 9.46 Å². The van der Waals surface area contributed by atoms with Crippen LogP contribution in [0.4, 0.5) is 0 Å². The first kappa shape index (κ1) is 15.3. The Balaban J connectivity index is 2.36. The molecule has 0 aliphatic heterocycles. The van der Waals surface area contributed by atoms with E-state index in [1.54, 1.807) is 12.1 Å². The van der Waals surface area contributed by atoms with E-state index in [1.165, 1.54) is 0 Å². The molecule has 0 atom stereocenters. The van der Waals surface area contributed by atoms with E-state index in [1.807, 2.05) is 19.9 Å². The molecule has 1 aromatic carbocycles. The first-order valence-electron chi connectivity index (χ1n) is 5.81. The van der Waals surface area contributed by atoms with Gasteiger partial charge in [0, 0.05) is 11.6 Å². The zero-order valence-electron chi connectivity index (χ0n) is 10.6. The minimum Gasteiger partial charge on any atom is -0.492 e. The van der Waals surface area contributed by atoms with Crippen molar-refractivity contribution in [1.82, 2.24) is 4.72 Å². The maximum absolute atomic E-state index is 11.4. The summed E-state index contributed by atoms with van der Waals surface area (Å²) in [5.74, 6) is 0.833. The molecule has 0 unspecified atom stereocenters. The van der Waals surface area contributed by atoms with E-state index in [2.05, 4.69) is 4.72 Å². The molecule has 0 saturated heterocycles. The van der Waals surface area contributed by atoms with Crippen molar-refractivity contribution in [3.05, 3.63) is 28.8 Å². The lowest BCUT2D eigenvalue weighted by molar-refractivity contribution is 0.322. The Hall–Kier alpha value is -0.780. The van der Waals surface area contributed by atoms with E-state index in [9.17, 15) is 8.42 Å². The lowest BCUT2D eigenvalue weighted by Crippen LogP contribution is -2.30. The standard InChI is InChI=1S/C12H18ClNO3S/c1-3-8-18(15,16)14-6-7-17-11-4-5-12(13)10(2)9-11/h4-5,9,14H,3,6-8H2,1-2H3. The summed E-state index contributed by atoms with van der Waals surface area (Å²) in [4.78, 5) is 0. The summed E-state index contributed by atoms with van der Waals surface area (Å²) in [5.41, 5.74) is 0.931. The van der Waals surface area contributed by atoms with Crippen molar-refractivity contribution in [2.45, 2.75) is 20.3 Å². The van der Waals surface area contributed by atoms with Crippen LogP contribution in [0.5, 0.6) is 5.75 Å². The average Bonchev–Trinajstić information content (AvgIpc) is 2.29. The molecular formula is C12H18ClNO3S. The summed E-state index contributed by atoms with van der Waals surface area (Å²) in [5, 5.41) is 0.686. The number of rotatable bonds is 7. The van der Waals surface area contributed by atoms with Crippen LogP contribution in [0, 0.1) is 6.92 Å². The second-order valence-electron chi connectivity index (χ2n) is 3.97. The summed E-state index contributed by atoms with van der Waals surface area (Å²) in [6.45, 7) is 4.28. The number of benzene rings is 1. The number of sulfonamides is 1. The molecule has 4 nitrogen and oxygen atoms in total. The Kier molecular flexibility index (Phi) is 5.91. The summed E-state index contributed by atoms with van der Waals surface area (Å²) < 4.78 is 30.6. The van der Waals surface area contributed by atoms with Gasteiger partial charge in [0.25, 0.3) is 0 Å². The number of halogens is 1. The molecule has 102 valence electrons. The Labute approximate surface area is 113 Å². The molecule has 1 rings (SSSR count). The van der Waals surface area contributed by atoms with Crippen LogP contribution in [0.15, 0.2) is 18.2 Å². The third-order valence-electron chi connectivity index (χ3n) is 2.30. The van der Waals surface area contributed by atoms with Crippen molar-refractivity contribution in [3.8, 4) is 5.75 Å². The van der Waals surface area contributed by atoms with Gasteiger partial charge < -0.3 is 4.74 Å². The van der Waals surface area contributed by atoms with Crippen molar-refractivity contribution < 1.29 is 13.2 Å². The van der Waals surface area contributed by atoms with E-state index in [0.717, 1.165) is 5.56 Å². The number of hydrogen-bond donors (Lipinski definition) is 1. The largest absolute Gasteiger partial charge is 0.492 e. The van der Waals surface area contributed by atoms with E-state index in [0.29, 0.717) is 23.8 Å². The molecule has 0 aliphatic rings. The molecule has 0 spiro atoms. The lowest BCUT2D eigenvalue weighted by atomic mass is 10.2. The SMILES string of the molecule is CCCS(=O)(=O)NCCOc1ccc(Cl)c(C)c1. The van der Waals surface area contributed by atoms with Gasteiger partial charge in [-0.15, -0.1) is 0 Å². The molecule has 0 heterocycles. The highest BCUT2D eigenvalue weighted by Crippen LogP contribution is 2.20. The topological polar surface area (TPSA) is 55.4 Å². The lowest BCUT2D eigenvalue weighted by Gasteiger charge is -2.09. The Morgan fingerprint density at radius 1 is 1.39 bits per heavy atom. The van der Waals surface area contributed by atoms with Crippen molar-refractivity contribution in [2.24, 2.45) is 0 Å². The molecule has 1 aromatic rings. The van der Waals surface area contributed by atoms with Crippen LogP contribution in [0.2, 0.25) is 5.02 Å². The molecule has 0 fully saturated rings. The highest BCUT2D eigenvalue weighted by atomic mass is 35.5. The van der Waals surface area contributed by atoms with Gasteiger partial charge in [-0.05, 0) is 37.1 Å². The van der Waals surface area contributed by atoms with E-state index in [4.69, 9.17) is 16.3 Å². The number of nitrogens with one attached hydrogen (secondary N) is 1. The summed E-state index contributed by atoms with van der Waals surface area (Å²) in [6, 6.07) is 5.34. The van der Waals surface area contributed by atoms with Crippen molar-refractivity contribution in [3.63, 3.8) is 0 Å². The van der Waals surface area contributed by atoms with Gasteiger partial charge in [-0.25, -0.2) is 13.1 Å². The van der Waals surface area contributed by atoms with Gasteiger partial charge in [-0.1, -0.05) is 18.5 Å². The van der Waals surface area contributed by atoms with Crippen molar-refractivity contribution >= 4 is 21.6 Å². The molecule has 0 radical (unpaired) electrons. The Morgan fingerprint density at radius 3 is 2.72 bits per heavy atom. The fourth-order valence-corrected chi connectivity index (χ4v) is 2.61. The smallest absolute Gasteiger partial charge is 0.211 e. The van der Waals surface area contributed by atoms with Crippen molar-refractivity contribution in [2.75, 3.05) is 18.9 Å². The summed E-state index contributed by atoms with van der Waals surface area (Å²) >= 11 is 5.89. The number of aryl methyl sites for hydroxylation is 1. The maximum Gasteiger partial charge on any atom is 0.211 e. The predicted octanol–water partition coefficient (Wildman–Crippen LogP) is 2.36. The minimum atomic E-state index is -3.15. The normalized spacial score (nSPS) is 11.5. The van der Waals surface area contributed by atoms with E-state index < -0.39 is 10.0 Å². The van der Waals surface area contributed by atoms with Gasteiger partial charge in [0.05, 0.1) is 5.75 Å². The second kappa shape index (κ2) is 6.97. The average molecular weight is 292 g/mol. The minimum absolute atomic E-state index is 0.146. The molecule has 1 N–H and O–H groups in total. The first-order chi connectivity index (χ1) is 8.44. The third kappa shape index (κ3) is 5.25. The van der Waals surface area contributed by atoms with E-state index in [-0.39, 0.29) is 12.3 Å². The molecular weight excluding hydrogens is 274 g/mol. The van der Waals surface area contributed by atoms with Crippen LogP contribution in [0.25, 0.3) is 0 Å². The fourth-order valence-electron chi connectivity index (χ4n) is 1.41. The van der Waals surface area contributed by atoms with Gasteiger partial charge in [-0.2, -0.15) is 0 Å². The summed E-state index contributed by atoms with van der Waals surface area (Å²) in [6.07, 6.45) is 0.604. The number of hydrogen-bond acceptors (Lipinski definition) is 3. The quantitative estimate of drug-likeness (QED) is 0.785. The predicted molar refractivity (Wildman–Crippen MR) is 73.8 cm³/mol. The van der Waals surface area contributed by atoms with Gasteiger partial charge in [0.2, 0.25) is 10.0 Å².